The molecule has 7 nitrogen and oxygen atoms in total. The molecular weight excluding hydrogens is 298 g/mol. The van der Waals surface area contributed by atoms with Crippen LogP contribution in [0.15, 0.2) is 42.6 Å². The van der Waals surface area contributed by atoms with Crippen LogP contribution in [0, 0.1) is 0 Å². The van der Waals surface area contributed by atoms with E-state index >= 15 is 0 Å². The van der Waals surface area contributed by atoms with E-state index in [1.807, 2.05) is 6.92 Å². The molecule has 0 saturated carbocycles. The van der Waals surface area contributed by atoms with E-state index in [-0.39, 0.29) is 18.4 Å². The minimum Gasteiger partial charge on any atom is -0.484 e. The summed E-state index contributed by atoms with van der Waals surface area (Å²) in [6.45, 7) is 2.00. The van der Waals surface area contributed by atoms with Crippen molar-refractivity contribution in [3.63, 3.8) is 0 Å². The molecule has 0 bridgehead atoms. The van der Waals surface area contributed by atoms with Gasteiger partial charge in [-0.3, -0.25) is 9.59 Å². The fourth-order valence-electron chi connectivity index (χ4n) is 1.83. The van der Waals surface area contributed by atoms with E-state index in [4.69, 9.17) is 15.2 Å². The number of pyridine rings is 1. The van der Waals surface area contributed by atoms with Crippen molar-refractivity contribution < 1.29 is 19.1 Å². The molecule has 7 heteroatoms. The molecule has 2 rings (SSSR count). The monoisotopic (exact) mass is 315 g/mol. The van der Waals surface area contributed by atoms with Crippen LogP contribution >= 0.6 is 0 Å². The Bertz CT molecular complexity index is 703. The van der Waals surface area contributed by atoms with Gasteiger partial charge in [-0.05, 0) is 31.2 Å². The number of primary amides is 1. The lowest BCUT2D eigenvalue weighted by atomic mass is 10.2. The quantitative estimate of drug-likeness (QED) is 0.807. The Labute approximate surface area is 133 Å². The zero-order valence-corrected chi connectivity index (χ0v) is 12.6. The molecule has 23 heavy (non-hydrogen) atoms. The Kier molecular flexibility index (Phi) is 5.51. The summed E-state index contributed by atoms with van der Waals surface area (Å²) in [6, 6.07) is 9.93. The van der Waals surface area contributed by atoms with E-state index < -0.39 is 5.91 Å². The summed E-state index contributed by atoms with van der Waals surface area (Å²) in [7, 11) is 0. The van der Waals surface area contributed by atoms with Crippen LogP contribution in [0.1, 0.15) is 17.3 Å². The Morgan fingerprint density at radius 1 is 1.22 bits per heavy atom. The molecule has 3 N–H and O–H groups in total. The summed E-state index contributed by atoms with van der Waals surface area (Å²) >= 11 is 0. The normalized spacial score (nSPS) is 9.96. The number of nitrogens with one attached hydrogen (secondary N) is 1. The molecule has 2 aromatic rings. The van der Waals surface area contributed by atoms with Gasteiger partial charge in [0.15, 0.2) is 6.61 Å². The Hall–Kier alpha value is -3.09. The first-order chi connectivity index (χ1) is 11.1. The van der Waals surface area contributed by atoms with Crippen LogP contribution in [0.4, 0.5) is 5.69 Å². The predicted molar refractivity (Wildman–Crippen MR) is 84.5 cm³/mol. The number of nitrogens with two attached hydrogens (primary N) is 1. The third kappa shape index (κ3) is 4.70. The average molecular weight is 315 g/mol. The SMILES string of the molecule is CCOc1ncccc1C(=O)Nc1cccc(OCC(N)=O)c1. The Morgan fingerprint density at radius 2 is 2.04 bits per heavy atom. The second kappa shape index (κ2) is 7.79. The number of carbonyl (C=O) groups excluding carboxylic acids is 2. The highest BCUT2D eigenvalue weighted by molar-refractivity contribution is 6.05. The third-order valence-corrected chi connectivity index (χ3v) is 2.77. The topological polar surface area (TPSA) is 104 Å². The number of benzene rings is 1. The summed E-state index contributed by atoms with van der Waals surface area (Å²) in [5.74, 6) is -0.226. The van der Waals surface area contributed by atoms with Gasteiger partial charge in [0.05, 0.1) is 6.61 Å². The molecule has 0 aliphatic rings. The molecule has 0 saturated heterocycles. The molecule has 0 spiro atoms. The van der Waals surface area contributed by atoms with Gasteiger partial charge in [0.25, 0.3) is 11.8 Å². The van der Waals surface area contributed by atoms with Crippen molar-refractivity contribution in [3.05, 3.63) is 48.2 Å². The average Bonchev–Trinajstić information content (AvgIpc) is 2.54. The van der Waals surface area contributed by atoms with E-state index in [0.29, 0.717) is 23.6 Å². The van der Waals surface area contributed by atoms with Gasteiger partial charge in [0.2, 0.25) is 5.88 Å². The zero-order valence-electron chi connectivity index (χ0n) is 12.6. The van der Waals surface area contributed by atoms with Gasteiger partial charge in [0.1, 0.15) is 11.3 Å². The van der Waals surface area contributed by atoms with Crippen molar-refractivity contribution >= 4 is 17.5 Å². The zero-order chi connectivity index (χ0) is 16.7. The van der Waals surface area contributed by atoms with Crippen molar-refractivity contribution in [2.24, 2.45) is 5.73 Å². The summed E-state index contributed by atoms with van der Waals surface area (Å²) < 4.78 is 10.5. The largest absolute Gasteiger partial charge is 0.484 e. The van der Waals surface area contributed by atoms with Crippen molar-refractivity contribution in [2.75, 3.05) is 18.5 Å². The number of carbonyl (C=O) groups is 2. The molecule has 0 unspecified atom stereocenters. The van der Waals surface area contributed by atoms with Crippen LogP contribution in [0.25, 0.3) is 0 Å². The van der Waals surface area contributed by atoms with E-state index in [1.54, 1.807) is 42.6 Å². The first-order valence-corrected chi connectivity index (χ1v) is 7.00. The number of hydrogen-bond acceptors (Lipinski definition) is 5. The van der Waals surface area contributed by atoms with Gasteiger partial charge in [-0.15, -0.1) is 0 Å². The molecule has 1 heterocycles. The number of amides is 2. The molecule has 2 amide bonds. The lowest BCUT2D eigenvalue weighted by Gasteiger charge is -2.10. The number of hydrogen-bond donors (Lipinski definition) is 2. The lowest BCUT2D eigenvalue weighted by molar-refractivity contribution is -0.119. The lowest BCUT2D eigenvalue weighted by Crippen LogP contribution is -2.20. The Balaban J connectivity index is 2.11. The maximum absolute atomic E-state index is 12.3. The fraction of sp³-hybridized carbons (Fsp3) is 0.188. The van der Waals surface area contributed by atoms with Crippen LogP contribution < -0.4 is 20.5 Å². The van der Waals surface area contributed by atoms with E-state index in [1.165, 1.54) is 0 Å². The van der Waals surface area contributed by atoms with E-state index in [0.717, 1.165) is 0 Å². The third-order valence-electron chi connectivity index (χ3n) is 2.77. The predicted octanol–water partition coefficient (Wildman–Crippen LogP) is 1.60. The highest BCUT2D eigenvalue weighted by Gasteiger charge is 2.13. The molecule has 1 aromatic heterocycles. The molecule has 0 radical (unpaired) electrons. The number of rotatable bonds is 7. The standard InChI is InChI=1S/C16H17N3O4/c1-2-22-16-13(7-4-8-18-16)15(21)19-11-5-3-6-12(9-11)23-10-14(17)20/h3-9H,2,10H2,1H3,(H2,17,20)(H,19,21). The van der Waals surface area contributed by atoms with Gasteiger partial charge in [-0.1, -0.05) is 6.07 Å². The van der Waals surface area contributed by atoms with Gasteiger partial charge in [-0.25, -0.2) is 4.98 Å². The van der Waals surface area contributed by atoms with Crippen LogP contribution in [-0.2, 0) is 4.79 Å². The molecule has 0 aliphatic heterocycles. The summed E-state index contributed by atoms with van der Waals surface area (Å²) in [5.41, 5.74) is 5.87. The summed E-state index contributed by atoms with van der Waals surface area (Å²) in [4.78, 5) is 27.1. The van der Waals surface area contributed by atoms with Gasteiger partial charge in [0, 0.05) is 18.0 Å². The van der Waals surface area contributed by atoms with Crippen molar-refractivity contribution in [3.8, 4) is 11.6 Å². The van der Waals surface area contributed by atoms with Crippen molar-refractivity contribution in [1.29, 1.82) is 0 Å². The molecule has 1 aromatic carbocycles. The molecule has 0 aliphatic carbocycles. The minimum atomic E-state index is -0.573. The number of nitrogens with zero attached hydrogens (tertiary/aromatic N) is 1. The second-order valence-corrected chi connectivity index (χ2v) is 4.53. The second-order valence-electron chi connectivity index (χ2n) is 4.53. The summed E-state index contributed by atoms with van der Waals surface area (Å²) in [6.07, 6.45) is 1.56. The van der Waals surface area contributed by atoms with Gasteiger partial charge in [-0.2, -0.15) is 0 Å². The molecular formula is C16H17N3O4. The molecule has 0 fully saturated rings. The molecule has 120 valence electrons. The van der Waals surface area contributed by atoms with Crippen LogP contribution in [0.3, 0.4) is 0 Å². The van der Waals surface area contributed by atoms with Crippen molar-refractivity contribution in [2.45, 2.75) is 6.92 Å². The number of anilines is 1. The minimum absolute atomic E-state index is 0.228. The first kappa shape index (κ1) is 16.3. The number of ether oxygens (including phenoxy) is 2. The van der Waals surface area contributed by atoms with Crippen LogP contribution in [0.5, 0.6) is 11.6 Å². The van der Waals surface area contributed by atoms with Crippen LogP contribution in [0.2, 0.25) is 0 Å². The Morgan fingerprint density at radius 3 is 2.78 bits per heavy atom. The maximum Gasteiger partial charge on any atom is 0.261 e. The fourth-order valence-corrected chi connectivity index (χ4v) is 1.83. The molecule has 0 atom stereocenters. The maximum atomic E-state index is 12.3. The van der Waals surface area contributed by atoms with E-state index in [9.17, 15) is 9.59 Å². The number of aromatic nitrogens is 1. The van der Waals surface area contributed by atoms with Gasteiger partial charge < -0.3 is 20.5 Å². The summed E-state index contributed by atoms with van der Waals surface area (Å²) in [5, 5.41) is 2.73. The van der Waals surface area contributed by atoms with Crippen molar-refractivity contribution in [1.82, 2.24) is 4.98 Å². The van der Waals surface area contributed by atoms with E-state index in [2.05, 4.69) is 10.3 Å². The highest BCUT2D eigenvalue weighted by atomic mass is 16.5. The highest BCUT2D eigenvalue weighted by Crippen LogP contribution is 2.20. The van der Waals surface area contributed by atoms with Crippen LogP contribution in [-0.4, -0.2) is 30.0 Å². The van der Waals surface area contributed by atoms with Gasteiger partial charge >= 0.3 is 0 Å². The first-order valence-electron chi connectivity index (χ1n) is 7.00. The smallest absolute Gasteiger partial charge is 0.261 e.